The predicted octanol–water partition coefficient (Wildman–Crippen LogP) is 1.64. The molecule has 0 radical (unpaired) electrons. The minimum Gasteiger partial charge on any atom is -0.343 e. The molecule has 3 heteroatoms. The minimum atomic E-state index is 0.218. The highest BCUT2D eigenvalue weighted by Gasteiger charge is 2.19. The van der Waals surface area contributed by atoms with E-state index in [9.17, 15) is 4.79 Å². The Morgan fingerprint density at radius 3 is 3.00 bits per heavy atom. The minimum absolute atomic E-state index is 0.218. The summed E-state index contributed by atoms with van der Waals surface area (Å²) in [6.07, 6.45) is 2.42. The Labute approximate surface area is 76.1 Å². The van der Waals surface area contributed by atoms with Gasteiger partial charge in [-0.1, -0.05) is 15.9 Å². The molecule has 1 aliphatic rings. The molecular formula is C8H14BrNO. The van der Waals surface area contributed by atoms with Crippen molar-refractivity contribution >= 4 is 21.8 Å². The largest absolute Gasteiger partial charge is 0.343 e. The Morgan fingerprint density at radius 1 is 1.73 bits per heavy atom. The zero-order valence-corrected chi connectivity index (χ0v) is 8.43. The Kier molecular flexibility index (Phi) is 3.37. The number of halogens is 1. The first-order chi connectivity index (χ1) is 5.24. The van der Waals surface area contributed by atoms with Crippen molar-refractivity contribution in [1.29, 1.82) is 0 Å². The van der Waals surface area contributed by atoms with Gasteiger partial charge in [0.15, 0.2) is 0 Å². The Balaban J connectivity index is 2.39. The smallest absolute Gasteiger partial charge is 0.219 e. The fourth-order valence-corrected chi connectivity index (χ4v) is 2.01. The second-order valence-corrected chi connectivity index (χ2v) is 3.78. The number of piperidine rings is 1. The van der Waals surface area contributed by atoms with Gasteiger partial charge >= 0.3 is 0 Å². The quantitative estimate of drug-likeness (QED) is 0.615. The molecule has 64 valence electrons. The van der Waals surface area contributed by atoms with Crippen LogP contribution in [0.3, 0.4) is 0 Å². The summed E-state index contributed by atoms with van der Waals surface area (Å²) in [5.74, 6) is 0.892. The van der Waals surface area contributed by atoms with Crippen molar-refractivity contribution in [2.24, 2.45) is 5.92 Å². The van der Waals surface area contributed by atoms with E-state index >= 15 is 0 Å². The Bertz CT molecular complexity index is 149. The third-order valence-corrected chi connectivity index (χ3v) is 3.10. The monoisotopic (exact) mass is 219 g/mol. The summed E-state index contributed by atoms with van der Waals surface area (Å²) in [6.45, 7) is 3.55. The summed E-state index contributed by atoms with van der Waals surface area (Å²) in [7, 11) is 0. The van der Waals surface area contributed by atoms with Gasteiger partial charge in [-0.2, -0.15) is 0 Å². The lowest BCUT2D eigenvalue weighted by molar-refractivity contribution is -0.130. The van der Waals surface area contributed by atoms with E-state index in [1.165, 1.54) is 6.42 Å². The van der Waals surface area contributed by atoms with Crippen LogP contribution in [0.15, 0.2) is 0 Å². The zero-order chi connectivity index (χ0) is 8.27. The molecule has 0 N–H and O–H groups in total. The van der Waals surface area contributed by atoms with Gasteiger partial charge in [-0.25, -0.2) is 0 Å². The van der Waals surface area contributed by atoms with E-state index in [1.54, 1.807) is 6.92 Å². The molecule has 2 nitrogen and oxygen atoms in total. The molecule has 0 saturated carbocycles. The molecule has 1 amide bonds. The molecule has 0 aromatic carbocycles. The molecule has 1 unspecified atom stereocenters. The van der Waals surface area contributed by atoms with Gasteiger partial charge in [0, 0.05) is 25.3 Å². The molecule has 1 saturated heterocycles. The van der Waals surface area contributed by atoms with Crippen molar-refractivity contribution in [1.82, 2.24) is 4.90 Å². The number of likely N-dealkylation sites (tertiary alicyclic amines) is 1. The highest BCUT2D eigenvalue weighted by molar-refractivity contribution is 9.09. The molecule has 0 bridgehead atoms. The number of hydrogen-bond donors (Lipinski definition) is 0. The van der Waals surface area contributed by atoms with Crippen LogP contribution in [-0.4, -0.2) is 29.2 Å². The van der Waals surface area contributed by atoms with Crippen LogP contribution >= 0.6 is 15.9 Å². The Morgan fingerprint density at radius 2 is 2.45 bits per heavy atom. The summed E-state index contributed by atoms with van der Waals surface area (Å²) in [5.41, 5.74) is 0. The van der Waals surface area contributed by atoms with Gasteiger partial charge in [0.1, 0.15) is 0 Å². The van der Waals surface area contributed by atoms with E-state index < -0.39 is 0 Å². The third kappa shape index (κ3) is 2.47. The number of rotatable bonds is 1. The van der Waals surface area contributed by atoms with E-state index in [0.29, 0.717) is 5.92 Å². The highest BCUT2D eigenvalue weighted by Crippen LogP contribution is 2.17. The summed E-state index contributed by atoms with van der Waals surface area (Å²) in [6, 6.07) is 0. The maximum absolute atomic E-state index is 11.0. The van der Waals surface area contributed by atoms with Crippen LogP contribution in [0.25, 0.3) is 0 Å². The second-order valence-electron chi connectivity index (χ2n) is 3.13. The second kappa shape index (κ2) is 4.10. The normalized spacial score (nSPS) is 25.3. The standard InChI is InChI=1S/C8H14BrNO/c1-7(11)10-4-2-3-8(5-9)6-10/h8H,2-6H2,1H3. The van der Waals surface area contributed by atoms with Crippen LogP contribution in [0.5, 0.6) is 0 Å². The van der Waals surface area contributed by atoms with Crippen molar-refractivity contribution in [3.63, 3.8) is 0 Å². The SMILES string of the molecule is CC(=O)N1CCCC(CBr)C1. The van der Waals surface area contributed by atoms with Crippen LogP contribution in [0.2, 0.25) is 0 Å². The maximum atomic E-state index is 11.0. The highest BCUT2D eigenvalue weighted by atomic mass is 79.9. The molecule has 0 aliphatic carbocycles. The topological polar surface area (TPSA) is 20.3 Å². The zero-order valence-electron chi connectivity index (χ0n) is 6.85. The van der Waals surface area contributed by atoms with Crippen LogP contribution < -0.4 is 0 Å². The first-order valence-electron chi connectivity index (χ1n) is 4.05. The fraction of sp³-hybridized carbons (Fsp3) is 0.875. The first-order valence-corrected chi connectivity index (χ1v) is 5.17. The summed E-state index contributed by atoms with van der Waals surface area (Å²) < 4.78 is 0. The summed E-state index contributed by atoms with van der Waals surface area (Å²) in [5, 5.41) is 1.02. The van der Waals surface area contributed by atoms with Crippen molar-refractivity contribution in [2.45, 2.75) is 19.8 Å². The molecule has 1 heterocycles. The van der Waals surface area contributed by atoms with Crippen LogP contribution in [0.4, 0.5) is 0 Å². The maximum Gasteiger partial charge on any atom is 0.219 e. The molecule has 1 rings (SSSR count). The lowest BCUT2D eigenvalue weighted by atomic mass is 10.0. The van der Waals surface area contributed by atoms with E-state index in [2.05, 4.69) is 15.9 Å². The lowest BCUT2D eigenvalue weighted by Crippen LogP contribution is -2.38. The number of carbonyl (C=O) groups is 1. The predicted molar refractivity (Wildman–Crippen MR) is 48.8 cm³/mol. The van der Waals surface area contributed by atoms with Gasteiger partial charge in [-0.05, 0) is 18.8 Å². The van der Waals surface area contributed by atoms with Gasteiger partial charge in [0.25, 0.3) is 0 Å². The van der Waals surface area contributed by atoms with Crippen molar-refractivity contribution in [3.8, 4) is 0 Å². The van der Waals surface area contributed by atoms with E-state index in [1.807, 2.05) is 4.90 Å². The average molecular weight is 220 g/mol. The molecule has 1 aliphatic heterocycles. The van der Waals surface area contributed by atoms with Crippen LogP contribution in [-0.2, 0) is 4.79 Å². The van der Waals surface area contributed by atoms with Crippen LogP contribution in [0, 0.1) is 5.92 Å². The number of amides is 1. The van der Waals surface area contributed by atoms with Crippen LogP contribution in [0.1, 0.15) is 19.8 Å². The first kappa shape index (κ1) is 9.04. The van der Waals surface area contributed by atoms with Crippen molar-refractivity contribution in [2.75, 3.05) is 18.4 Å². The number of nitrogens with zero attached hydrogens (tertiary/aromatic N) is 1. The fourth-order valence-electron chi connectivity index (χ4n) is 1.48. The lowest BCUT2D eigenvalue weighted by Gasteiger charge is -2.30. The van der Waals surface area contributed by atoms with E-state index in [0.717, 1.165) is 24.8 Å². The molecule has 0 aromatic rings. The van der Waals surface area contributed by atoms with Gasteiger partial charge < -0.3 is 4.90 Å². The third-order valence-electron chi connectivity index (χ3n) is 2.18. The number of alkyl halides is 1. The van der Waals surface area contributed by atoms with E-state index in [-0.39, 0.29) is 5.91 Å². The van der Waals surface area contributed by atoms with Crippen molar-refractivity contribution in [3.05, 3.63) is 0 Å². The molecule has 1 fully saturated rings. The van der Waals surface area contributed by atoms with Gasteiger partial charge in [0.05, 0.1) is 0 Å². The van der Waals surface area contributed by atoms with E-state index in [4.69, 9.17) is 0 Å². The molecule has 1 atom stereocenters. The van der Waals surface area contributed by atoms with Gasteiger partial charge in [-0.3, -0.25) is 4.79 Å². The number of hydrogen-bond acceptors (Lipinski definition) is 1. The summed E-state index contributed by atoms with van der Waals surface area (Å²) in [4.78, 5) is 12.9. The van der Waals surface area contributed by atoms with Crippen molar-refractivity contribution < 1.29 is 4.79 Å². The molecule has 11 heavy (non-hydrogen) atoms. The Hall–Kier alpha value is -0.0500. The average Bonchev–Trinajstić information content (AvgIpc) is 2.05. The van der Waals surface area contributed by atoms with Gasteiger partial charge in [-0.15, -0.1) is 0 Å². The molecule has 0 aromatic heterocycles. The summed E-state index contributed by atoms with van der Waals surface area (Å²) >= 11 is 3.45. The van der Waals surface area contributed by atoms with Gasteiger partial charge in [0.2, 0.25) is 5.91 Å². The molecular weight excluding hydrogens is 206 g/mol. The molecule has 0 spiro atoms. The number of carbonyl (C=O) groups excluding carboxylic acids is 1.